The number of aromatic amines is 1. The van der Waals surface area contributed by atoms with Crippen molar-refractivity contribution in [2.24, 2.45) is 0 Å². The third-order valence-electron chi connectivity index (χ3n) is 5.64. The van der Waals surface area contributed by atoms with Crippen molar-refractivity contribution in [3.8, 4) is 5.75 Å². The van der Waals surface area contributed by atoms with Gasteiger partial charge in [0, 0.05) is 35.7 Å². The molecular formula is C23H29N3O5S. The molecule has 0 aliphatic carbocycles. The van der Waals surface area contributed by atoms with Gasteiger partial charge >= 0.3 is 0 Å². The fraction of sp³-hybridized carbons (Fsp3) is 0.435. The van der Waals surface area contributed by atoms with E-state index in [2.05, 4.69) is 9.71 Å². The number of likely N-dealkylation sites (tertiary alicyclic amines) is 1. The Morgan fingerprint density at radius 1 is 1.19 bits per heavy atom. The monoisotopic (exact) mass is 459 g/mol. The highest BCUT2D eigenvalue weighted by Crippen LogP contribution is 2.35. The van der Waals surface area contributed by atoms with E-state index in [4.69, 9.17) is 9.15 Å². The lowest BCUT2D eigenvalue weighted by molar-refractivity contribution is 0.0675. The molecule has 9 heteroatoms. The number of furan rings is 1. The van der Waals surface area contributed by atoms with Crippen LogP contribution in [-0.4, -0.2) is 49.9 Å². The number of methoxy groups -OCH3 is 1. The molecule has 2 aromatic heterocycles. The average molecular weight is 460 g/mol. The molecule has 0 atom stereocenters. The minimum absolute atomic E-state index is 0.0366. The van der Waals surface area contributed by atoms with E-state index in [1.807, 2.05) is 24.4 Å². The number of nitrogens with zero attached hydrogens (tertiary/aromatic N) is 1. The molecule has 1 fully saturated rings. The fourth-order valence-corrected chi connectivity index (χ4v) is 5.52. The second kappa shape index (κ2) is 8.29. The van der Waals surface area contributed by atoms with E-state index in [9.17, 15) is 13.2 Å². The fourth-order valence-electron chi connectivity index (χ4n) is 4.17. The first kappa shape index (κ1) is 22.4. The van der Waals surface area contributed by atoms with Gasteiger partial charge in [0.05, 0.1) is 7.11 Å². The number of aromatic nitrogens is 1. The van der Waals surface area contributed by atoms with Gasteiger partial charge in [0.15, 0.2) is 5.76 Å². The highest BCUT2D eigenvalue weighted by molar-refractivity contribution is 7.89. The molecule has 1 aliphatic rings. The Hall–Kier alpha value is -2.78. The third kappa shape index (κ3) is 4.54. The predicted octanol–water partition coefficient (Wildman–Crippen LogP) is 3.87. The number of ether oxygens (including phenoxy) is 1. The summed E-state index contributed by atoms with van der Waals surface area (Å²) in [6.07, 6.45) is 3.67. The molecule has 0 spiro atoms. The molecule has 1 saturated heterocycles. The lowest BCUT2D eigenvalue weighted by Crippen LogP contribution is -2.40. The van der Waals surface area contributed by atoms with Crippen molar-refractivity contribution in [3.63, 3.8) is 0 Å². The number of sulfonamides is 1. The van der Waals surface area contributed by atoms with E-state index in [1.165, 1.54) is 17.7 Å². The van der Waals surface area contributed by atoms with Gasteiger partial charge in [-0.3, -0.25) is 4.79 Å². The van der Waals surface area contributed by atoms with Crippen molar-refractivity contribution in [1.29, 1.82) is 0 Å². The number of hydrogen-bond donors (Lipinski definition) is 2. The number of amides is 1. The van der Waals surface area contributed by atoms with Crippen molar-refractivity contribution >= 4 is 26.8 Å². The highest BCUT2D eigenvalue weighted by atomic mass is 32.2. The molecule has 0 unspecified atom stereocenters. The molecule has 1 amide bonds. The first-order valence-corrected chi connectivity index (χ1v) is 12.1. The van der Waals surface area contributed by atoms with Crippen molar-refractivity contribution in [3.05, 3.63) is 47.9 Å². The van der Waals surface area contributed by atoms with E-state index in [0.717, 1.165) is 29.5 Å². The van der Waals surface area contributed by atoms with Gasteiger partial charge in [-0.2, -0.15) is 0 Å². The second-order valence-corrected chi connectivity index (χ2v) is 10.8. The largest absolute Gasteiger partial charge is 0.497 e. The number of benzene rings is 1. The van der Waals surface area contributed by atoms with Crippen LogP contribution in [0.1, 0.15) is 55.6 Å². The lowest BCUT2D eigenvalue weighted by Gasteiger charge is -2.31. The van der Waals surface area contributed by atoms with Gasteiger partial charge in [0.25, 0.3) is 15.9 Å². The van der Waals surface area contributed by atoms with Gasteiger partial charge in [-0.25, -0.2) is 13.1 Å². The molecule has 172 valence electrons. The number of hydrogen-bond acceptors (Lipinski definition) is 5. The molecule has 0 saturated carbocycles. The molecule has 8 nitrogen and oxygen atoms in total. The lowest BCUT2D eigenvalue weighted by atomic mass is 9.89. The standard InChI is InChI=1S/C23H29N3O5S/c1-23(2,3)25-32(28,29)21-8-7-20(31-21)22(27)26-11-9-15(10-12-26)18-14-24-19-6-5-16(30-4)13-17(18)19/h5-8,13-15,24-25H,9-12H2,1-4H3. The van der Waals surface area contributed by atoms with Crippen LogP contribution in [0.25, 0.3) is 10.9 Å². The van der Waals surface area contributed by atoms with Crippen LogP contribution in [0.2, 0.25) is 0 Å². The van der Waals surface area contributed by atoms with Crippen molar-refractivity contribution < 1.29 is 22.4 Å². The second-order valence-electron chi connectivity index (χ2n) is 9.20. The molecular weight excluding hydrogens is 430 g/mol. The van der Waals surface area contributed by atoms with Gasteiger partial charge in [0.1, 0.15) is 5.75 Å². The van der Waals surface area contributed by atoms with Crippen LogP contribution >= 0.6 is 0 Å². The summed E-state index contributed by atoms with van der Waals surface area (Å²) >= 11 is 0. The quantitative estimate of drug-likeness (QED) is 0.603. The zero-order valence-corrected chi connectivity index (χ0v) is 19.6. The topological polar surface area (TPSA) is 105 Å². The Balaban J connectivity index is 1.44. The number of H-pyrrole nitrogens is 1. The molecule has 3 heterocycles. The summed E-state index contributed by atoms with van der Waals surface area (Å²) in [6, 6.07) is 8.73. The maximum Gasteiger partial charge on any atom is 0.289 e. The van der Waals surface area contributed by atoms with Crippen molar-refractivity contribution in [2.75, 3.05) is 20.2 Å². The van der Waals surface area contributed by atoms with Crippen molar-refractivity contribution in [2.45, 2.75) is 50.2 Å². The van der Waals surface area contributed by atoms with Crippen LogP contribution in [0.5, 0.6) is 5.75 Å². The Kier molecular flexibility index (Phi) is 5.81. The summed E-state index contributed by atoms with van der Waals surface area (Å²) in [5, 5.41) is 0.889. The van der Waals surface area contributed by atoms with Gasteiger partial charge in [-0.05, 0) is 75.4 Å². The molecule has 1 aliphatic heterocycles. The summed E-state index contributed by atoms with van der Waals surface area (Å²) in [6.45, 7) is 6.38. The van der Waals surface area contributed by atoms with E-state index in [-0.39, 0.29) is 16.8 Å². The Morgan fingerprint density at radius 2 is 1.91 bits per heavy atom. The average Bonchev–Trinajstić information content (AvgIpc) is 3.39. The summed E-state index contributed by atoms with van der Waals surface area (Å²) in [4.78, 5) is 17.9. The molecule has 0 bridgehead atoms. The summed E-state index contributed by atoms with van der Waals surface area (Å²) in [5.74, 6) is 0.884. The smallest absolute Gasteiger partial charge is 0.289 e. The minimum atomic E-state index is -3.83. The predicted molar refractivity (Wildman–Crippen MR) is 122 cm³/mol. The normalized spacial score (nSPS) is 15.9. The number of rotatable bonds is 5. The number of piperidine rings is 1. The van der Waals surface area contributed by atoms with Crippen LogP contribution in [0, 0.1) is 0 Å². The SMILES string of the molecule is COc1ccc2[nH]cc(C3CCN(C(=O)c4ccc(S(=O)(=O)NC(C)(C)C)o4)CC3)c2c1. The first-order chi connectivity index (χ1) is 15.1. The maximum atomic E-state index is 12.9. The number of carbonyl (C=O) groups is 1. The van der Waals surface area contributed by atoms with E-state index < -0.39 is 15.6 Å². The zero-order chi connectivity index (χ0) is 23.1. The Labute approximate surface area is 188 Å². The third-order valence-corrected chi connectivity index (χ3v) is 7.27. The zero-order valence-electron chi connectivity index (χ0n) is 18.8. The van der Waals surface area contributed by atoms with E-state index >= 15 is 0 Å². The van der Waals surface area contributed by atoms with Crippen LogP contribution in [0.4, 0.5) is 0 Å². The first-order valence-electron chi connectivity index (χ1n) is 10.7. The summed E-state index contributed by atoms with van der Waals surface area (Å²) < 4.78 is 38.2. The molecule has 1 aromatic carbocycles. The van der Waals surface area contributed by atoms with Gasteiger partial charge in [0.2, 0.25) is 5.09 Å². The maximum absolute atomic E-state index is 12.9. The van der Waals surface area contributed by atoms with Gasteiger partial charge in [-0.1, -0.05) is 0 Å². The number of nitrogens with one attached hydrogen (secondary N) is 2. The molecule has 4 rings (SSSR count). The van der Waals surface area contributed by atoms with Crippen LogP contribution in [-0.2, 0) is 10.0 Å². The molecule has 2 N–H and O–H groups in total. The van der Waals surface area contributed by atoms with Crippen LogP contribution in [0.3, 0.4) is 0 Å². The van der Waals surface area contributed by atoms with Crippen LogP contribution < -0.4 is 9.46 Å². The molecule has 32 heavy (non-hydrogen) atoms. The molecule has 3 aromatic rings. The van der Waals surface area contributed by atoms with E-state index in [1.54, 1.807) is 32.8 Å². The molecule has 0 radical (unpaired) electrons. The number of carbonyl (C=O) groups excluding carboxylic acids is 1. The van der Waals surface area contributed by atoms with Gasteiger partial charge in [-0.15, -0.1) is 0 Å². The van der Waals surface area contributed by atoms with Crippen LogP contribution in [0.15, 0.2) is 46.0 Å². The van der Waals surface area contributed by atoms with Crippen molar-refractivity contribution in [1.82, 2.24) is 14.6 Å². The van der Waals surface area contributed by atoms with Gasteiger partial charge < -0.3 is 19.0 Å². The summed E-state index contributed by atoms with van der Waals surface area (Å²) in [7, 11) is -2.17. The number of fused-ring (bicyclic) bond motifs is 1. The van der Waals surface area contributed by atoms with E-state index in [0.29, 0.717) is 19.0 Å². The Morgan fingerprint density at radius 3 is 2.56 bits per heavy atom. The summed E-state index contributed by atoms with van der Waals surface area (Å²) in [5.41, 5.74) is 1.64. The highest BCUT2D eigenvalue weighted by Gasteiger charge is 2.30. The Bertz CT molecular complexity index is 1230. The minimum Gasteiger partial charge on any atom is -0.497 e.